The van der Waals surface area contributed by atoms with Gasteiger partial charge in [0.1, 0.15) is 22.9 Å². The van der Waals surface area contributed by atoms with Gasteiger partial charge in [-0.15, -0.1) is 0 Å². The average Bonchev–Trinajstić information content (AvgIpc) is 3.08. The molecule has 168 valence electrons. The fourth-order valence-corrected chi connectivity index (χ4v) is 3.74. The van der Waals surface area contributed by atoms with Crippen LogP contribution < -0.4 is 24.4 Å². The summed E-state index contributed by atoms with van der Waals surface area (Å²) in [5.74, 6) is 0.649. The second-order valence-corrected chi connectivity index (χ2v) is 7.15. The van der Waals surface area contributed by atoms with Crippen molar-refractivity contribution >= 4 is 28.8 Å². The van der Waals surface area contributed by atoms with Crippen molar-refractivity contribution in [3.05, 3.63) is 84.1 Å². The van der Waals surface area contributed by atoms with Crippen LogP contribution in [-0.4, -0.2) is 32.6 Å². The fraction of sp³-hybridized carbons (Fsp3) is 0.154. The predicted octanol–water partition coefficient (Wildman–Crippen LogP) is 4.50. The molecule has 7 heteroatoms. The molecule has 0 spiro atoms. The topological polar surface area (TPSA) is 77.1 Å². The minimum atomic E-state index is -0.486. The van der Waals surface area contributed by atoms with E-state index in [0.29, 0.717) is 40.8 Å². The number of hydrogen-bond acceptors (Lipinski definition) is 6. The molecule has 33 heavy (non-hydrogen) atoms. The Kier molecular flexibility index (Phi) is 6.31. The standard InChI is InChI=1S/C26H24N2O5/c1-4-33-18-11-9-10-17(16-18)28-25(29)23(19-12-5-7-14-21(19)31-2)24(26(28)30)27-20-13-6-8-15-22(20)32-3/h5-16,27H,4H2,1-3H3. The van der Waals surface area contributed by atoms with Crippen molar-refractivity contribution in [3.63, 3.8) is 0 Å². The molecule has 1 aliphatic heterocycles. The first-order valence-corrected chi connectivity index (χ1v) is 10.5. The molecule has 1 N–H and O–H groups in total. The summed E-state index contributed by atoms with van der Waals surface area (Å²) in [7, 11) is 3.07. The van der Waals surface area contributed by atoms with Gasteiger partial charge in [-0.05, 0) is 37.3 Å². The van der Waals surface area contributed by atoms with Gasteiger partial charge in [-0.25, -0.2) is 4.90 Å². The van der Waals surface area contributed by atoms with Crippen molar-refractivity contribution < 1.29 is 23.8 Å². The van der Waals surface area contributed by atoms with E-state index in [1.165, 1.54) is 7.11 Å². The third-order valence-electron chi connectivity index (χ3n) is 5.21. The number of anilines is 2. The molecule has 0 fully saturated rings. The Morgan fingerprint density at radius 1 is 0.818 bits per heavy atom. The highest BCUT2D eigenvalue weighted by Gasteiger charge is 2.41. The quantitative estimate of drug-likeness (QED) is 0.516. The number of imide groups is 1. The Labute approximate surface area is 192 Å². The van der Waals surface area contributed by atoms with Crippen molar-refractivity contribution in [3.8, 4) is 17.2 Å². The molecule has 0 aromatic heterocycles. The van der Waals surface area contributed by atoms with E-state index in [0.717, 1.165) is 4.90 Å². The van der Waals surface area contributed by atoms with E-state index in [1.54, 1.807) is 67.8 Å². The molecule has 1 aliphatic rings. The van der Waals surface area contributed by atoms with E-state index in [9.17, 15) is 9.59 Å². The number of carbonyl (C=O) groups excluding carboxylic acids is 2. The third kappa shape index (κ3) is 4.13. The minimum absolute atomic E-state index is 0.135. The molecule has 3 aromatic rings. The first-order valence-electron chi connectivity index (χ1n) is 10.5. The Morgan fingerprint density at radius 3 is 2.24 bits per heavy atom. The van der Waals surface area contributed by atoms with E-state index >= 15 is 0 Å². The first-order chi connectivity index (χ1) is 16.1. The van der Waals surface area contributed by atoms with Crippen LogP contribution >= 0.6 is 0 Å². The molecule has 4 rings (SSSR count). The molecule has 0 atom stereocenters. The van der Waals surface area contributed by atoms with Gasteiger partial charge < -0.3 is 19.5 Å². The summed E-state index contributed by atoms with van der Waals surface area (Å²) in [6.07, 6.45) is 0. The number of ether oxygens (including phenoxy) is 3. The highest BCUT2D eigenvalue weighted by Crippen LogP contribution is 2.39. The zero-order chi connectivity index (χ0) is 23.4. The van der Waals surface area contributed by atoms with Crippen LogP contribution in [0.1, 0.15) is 12.5 Å². The van der Waals surface area contributed by atoms with Crippen LogP contribution in [0, 0.1) is 0 Å². The summed E-state index contributed by atoms with van der Waals surface area (Å²) < 4.78 is 16.5. The van der Waals surface area contributed by atoms with Gasteiger partial charge in [0.25, 0.3) is 11.8 Å². The molecule has 0 radical (unpaired) electrons. The number of nitrogens with zero attached hydrogens (tertiary/aromatic N) is 1. The Bertz CT molecular complexity index is 1230. The first kappa shape index (κ1) is 22.0. The second kappa shape index (κ2) is 9.48. The Hall–Kier alpha value is -4.26. The predicted molar refractivity (Wildman–Crippen MR) is 127 cm³/mol. The number of nitrogens with one attached hydrogen (secondary N) is 1. The summed E-state index contributed by atoms with van der Waals surface area (Å²) in [6.45, 7) is 2.34. The molecular formula is C26H24N2O5. The van der Waals surface area contributed by atoms with Gasteiger partial charge in [0.15, 0.2) is 0 Å². The summed E-state index contributed by atoms with van der Waals surface area (Å²) in [5.41, 5.74) is 1.84. The number of benzene rings is 3. The van der Waals surface area contributed by atoms with Crippen LogP contribution in [0.15, 0.2) is 78.5 Å². The maximum Gasteiger partial charge on any atom is 0.282 e. The molecule has 0 saturated carbocycles. The fourth-order valence-electron chi connectivity index (χ4n) is 3.74. The molecule has 0 bridgehead atoms. The molecule has 0 aliphatic carbocycles. The summed E-state index contributed by atoms with van der Waals surface area (Å²) in [5, 5.41) is 3.14. The van der Waals surface area contributed by atoms with E-state index in [1.807, 2.05) is 19.1 Å². The van der Waals surface area contributed by atoms with Crippen molar-refractivity contribution in [1.29, 1.82) is 0 Å². The summed E-state index contributed by atoms with van der Waals surface area (Å²) >= 11 is 0. The average molecular weight is 444 g/mol. The Morgan fingerprint density at radius 2 is 1.52 bits per heavy atom. The summed E-state index contributed by atoms with van der Waals surface area (Å²) in [6, 6.07) is 21.2. The van der Waals surface area contributed by atoms with Gasteiger partial charge in [-0.3, -0.25) is 9.59 Å². The second-order valence-electron chi connectivity index (χ2n) is 7.15. The molecule has 0 saturated heterocycles. The highest BCUT2D eigenvalue weighted by molar-refractivity contribution is 6.46. The van der Waals surface area contributed by atoms with E-state index in [-0.39, 0.29) is 11.3 Å². The van der Waals surface area contributed by atoms with E-state index < -0.39 is 11.8 Å². The van der Waals surface area contributed by atoms with Gasteiger partial charge >= 0.3 is 0 Å². The number of hydrogen-bond donors (Lipinski definition) is 1. The Balaban J connectivity index is 1.86. The van der Waals surface area contributed by atoms with Crippen LogP contribution in [0.2, 0.25) is 0 Å². The van der Waals surface area contributed by atoms with E-state index in [2.05, 4.69) is 5.32 Å². The number of methoxy groups -OCH3 is 2. The summed E-state index contributed by atoms with van der Waals surface area (Å²) in [4.78, 5) is 28.5. The monoisotopic (exact) mass is 444 g/mol. The molecule has 3 aromatic carbocycles. The zero-order valence-corrected chi connectivity index (χ0v) is 18.6. The van der Waals surface area contributed by atoms with Gasteiger partial charge in [0.05, 0.1) is 37.8 Å². The third-order valence-corrected chi connectivity index (χ3v) is 5.21. The lowest BCUT2D eigenvalue weighted by atomic mass is 10.0. The van der Waals surface area contributed by atoms with Crippen LogP contribution in [0.4, 0.5) is 11.4 Å². The zero-order valence-electron chi connectivity index (χ0n) is 18.6. The highest BCUT2D eigenvalue weighted by atomic mass is 16.5. The number of carbonyl (C=O) groups is 2. The van der Waals surface area contributed by atoms with Crippen LogP contribution in [0.5, 0.6) is 17.2 Å². The van der Waals surface area contributed by atoms with Crippen molar-refractivity contribution in [1.82, 2.24) is 0 Å². The molecule has 0 unspecified atom stereocenters. The smallest absolute Gasteiger partial charge is 0.282 e. The molecule has 7 nitrogen and oxygen atoms in total. The van der Waals surface area contributed by atoms with Crippen LogP contribution in [-0.2, 0) is 9.59 Å². The number of amides is 2. The molecular weight excluding hydrogens is 420 g/mol. The van der Waals surface area contributed by atoms with E-state index in [4.69, 9.17) is 14.2 Å². The number of para-hydroxylation sites is 3. The minimum Gasteiger partial charge on any atom is -0.496 e. The van der Waals surface area contributed by atoms with Gasteiger partial charge in [-0.2, -0.15) is 0 Å². The normalized spacial score (nSPS) is 13.4. The van der Waals surface area contributed by atoms with Gasteiger partial charge in [0.2, 0.25) is 0 Å². The molecule has 1 heterocycles. The largest absolute Gasteiger partial charge is 0.496 e. The molecule has 2 amide bonds. The lowest BCUT2D eigenvalue weighted by Gasteiger charge is -2.17. The van der Waals surface area contributed by atoms with Crippen LogP contribution in [0.3, 0.4) is 0 Å². The number of rotatable bonds is 8. The SMILES string of the molecule is CCOc1cccc(N2C(=O)C(Nc3ccccc3OC)=C(c3ccccc3OC)C2=O)c1. The van der Waals surface area contributed by atoms with Crippen molar-refractivity contribution in [2.75, 3.05) is 31.0 Å². The van der Waals surface area contributed by atoms with Crippen LogP contribution in [0.25, 0.3) is 5.57 Å². The van der Waals surface area contributed by atoms with Crippen molar-refractivity contribution in [2.45, 2.75) is 6.92 Å². The van der Waals surface area contributed by atoms with Gasteiger partial charge in [-0.1, -0.05) is 36.4 Å². The maximum absolute atomic E-state index is 13.7. The maximum atomic E-state index is 13.7. The van der Waals surface area contributed by atoms with Gasteiger partial charge in [0, 0.05) is 11.6 Å². The lowest BCUT2D eigenvalue weighted by Crippen LogP contribution is -2.32. The lowest BCUT2D eigenvalue weighted by molar-refractivity contribution is -0.120. The van der Waals surface area contributed by atoms with Crippen molar-refractivity contribution in [2.24, 2.45) is 0 Å².